The topological polar surface area (TPSA) is 15.6 Å². The van der Waals surface area contributed by atoms with Gasteiger partial charge in [0.25, 0.3) is 0 Å². The molecule has 2 nitrogen and oxygen atoms in total. The summed E-state index contributed by atoms with van der Waals surface area (Å²) in [5.41, 5.74) is 5.08. The van der Waals surface area contributed by atoms with Crippen LogP contribution in [0.25, 0.3) is 0 Å². The number of allylic oxidation sites excluding steroid dienone is 6. The SMILES string of the molecule is C=C(N1C(C)=NC=C/C1=C(/C)C(CC)CCC)C1(C)C=CC(C)=CC1. The molecule has 2 unspecified atom stereocenters. The molecule has 0 bridgehead atoms. The van der Waals surface area contributed by atoms with E-state index in [-0.39, 0.29) is 5.41 Å². The van der Waals surface area contributed by atoms with Crippen molar-refractivity contribution >= 4 is 5.84 Å². The molecule has 1 heterocycles. The molecule has 0 saturated heterocycles. The van der Waals surface area contributed by atoms with E-state index in [9.17, 15) is 0 Å². The summed E-state index contributed by atoms with van der Waals surface area (Å²) in [4.78, 5) is 6.85. The molecule has 0 N–H and O–H groups in total. The molecule has 2 heteroatoms. The van der Waals surface area contributed by atoms with Crippen LogP contribution >= 0.6 is 0 Å². The highest BCUT2D eigenvalue weighted by molar-refractivity contribution is 5.86. The molecule has 2 aliphatic rings. The average molecular weight is 339 g/mol. The largest absolute Gasteiger partial charge is 0.302 e. The minimum Gasteiger partial charge on any atom is -0.302 e. The zero-order valence-electron chi connectivity index (χ0n) is 16.9. The molecule has 1 aliphatic carbocycles. The van der Waals surface area contributed by atoms with Crippen molar-refractivity contribution in [3.63, 3.8) is 0 Å². The highest BCUT2D eigenvalue weighted by atomic mass is 15.2. The Balaban J connectivity index is 2.42. The van der Waals surface area contributed by atoms with Gasteiger partial charge in [0.1, 0.15) is 5.84 Å². The fourth-order valence-electron chi connectivity index (χ4n) is 3.75. The lowest BCUT2D eigenvalue weighted by Crippen LogP contribution is -2.36. The first kappa shape index (κ1) is 19.5. The number of rotatable bonds is 6. The van der Waals surface area contributed by atoms with Gasteiger partial charge < -0.3 is 4.90 Å². The summed E-state index contributed by atoms with van der Waals surface area (Å²) in [6.07, 6.45) is 15.5. The Bertz CT molecular complexity index is 672. The van der Waals surface area contributed by atoms with Crippen molar-refractivity contribution < 1.29 is 0 Å². The lowest BCUT2D eigenvalue weighted by Gasteiger charge is -2.40. The third-order valence-electron chi connectivity index (χ3n) is 5.70. The zero-order valence-corrected chi connectivity index (χ0v) is 16.9. The molecule has 0 aromatic rings. The minimum atomic E-state index is -0.0700. The van der Waals surface area contributed by atoms with E-state index in [1.54, 1.807) is 0 Å². The van der Waals surface area contributed by atoms with Gasteiger partial charge in [-0.05, 0) is 57.6 Å². The van der Waals surface area contributed by atoms with Crippen LogP contribution in [-0.2, 0) is 0 Å². The monoisotopic (exact) mass is 338 g/mol. The third kappa shape index (κ3) is 4.05. The smallest absolute Gasteiger partial charge is 0.110 e. The number of hydrogen-bond acceptors (Lipinski definition) is 2. The maximum Gasteiger partial charge on any atom is 0.110 e. The standard InChI is InChI=1S/C23H34N2/c1-8-10-21(9-2)18(4)22-13-16-24-20(6)25(22)19(5)23(7)14-11-17(3)12-15-23/h11-14,16,21H,5,8-10,15H2,1-4,6-7H3/b22-18+. The van der Waals surface area contributed by atoms with E-state index in [0.29, 0.717) is 5.92 Å². The highest BCUT2D eigenvalue weighted by Gasteiger charge is 2.33. The predicted octanol–water partition coefficient (Wildman–Crippen LogP) is 6.76. The van der Waals surface area contributed by atoms with Gasteiger partial charge in [0.2, 0.25) is 0 Å². The summed E-state index contributed by atoms with van der Waals surface area (Å²) < 4.78 is 0. The first-order valence-electron chi connectivity index (χ1n) is 9.61. The first-order chi connectivity index (χ1) is 11.8. The predicted molar refractivity (Wildman–Crippen MR) is 110 cm³/mol. The summed E-state index contributed by atoms with van der Waals surface area (Å²) in [5, 5.41) is 0. The van der Waals surface area contributed by atoms with Crippen molar-refractivity contribution in [2.45, 2.75) is 67.2 Å². The van der Waals surface area contributed by atoms with E-state index < -0.39 is 0 Å². The second-order valence-electron chi connectivity index (χ2n) is 7.64. The van der Waals surface area contributed by atoms with Crippen LogP contribution in [0, 0.1) is 11.3 Å². The summed E-state index contributed by atoms with van der Waals surface area (Å²) in [6.45, 7) is 17.9. The van der Waals surface area contributed by atoms with E-state index in [4.69, 9.17) is 0 Å². The van der Waals surface area contributed by atoms with Crippen molar-refractivity contribution in [3.05, 3.63) is 59.6 Å². The van der Waals surface area contributed by atoms with Crippen LogP contribution in [0.15, 0.2) is 64.6 Å². The summed E-state index contributed by atoms with van der Waals surface area (Å²) in [5.74, 6) is 1.62. The molecule has 0 aromatic heterocycles. The maximum absolute atomic E-state index is 4.56. The molecule has 2 rings (SSSR count). The van der Waals surface area contributed by atoms with Gasteiger partial charge in [0.15, 0.2) is 0 Å². The Morgan fingerprint density at radius 3 is 2.60 bits per heavy atom. The quantitative estimate of drug-likeness (QED) is 0.522. The van der Waals surface area contributed by atoms with Gasteiger partial charge in [-0.2, -0.15) is 0 Å². The second-order valence-corrected chi connectivity index (χ2v) is 7.64. The van der Waals surface area contributed by atoms with Crippen molar-refractivity contribution in [3.8, 4) is 0 Å². The molecular weight excluding hydrogens is 304 g/mol. The van der Waals surface area contributed by atoms with E-state index in [1.807, 2.05) is 6.20 Å². The van der Waals surface area contributed by atoms with Crippen molar-refractivity contribution in [1.29, 1.82) is 0 Å². The molecule has 0 saturated carbocycles. The van der Waals surface area contributed by atoms with E-state index >= 15 is 0 Å². The fraction of sp³-hybridized carbons (Fsp3) is 0.522. The molecule has 1 aliphatic heterocycles. The van der Waals surface area contributed by atoms with Gasteiger partial charge in [-0.15, -0.1) is 0 Å². The Labute approximate surface area is 154 Å². The van der Waals surface area contributed by atoms with Gasteiger partial charge >= 0.3 is 0 Å². The second kappa shape index (κ2) is 8.03. The van der Waals surface area contributed by atoms with Crippen LogP contribution in [0.1, 0.15) is 67.2 Å². The van der Waals surface area contributed by atoms with Crippen molar-refractivity contribution in [1.82, 2.24) is 4.90 Å². The third-order valence-corrected chi connectivity index (χ3v) is 5.70. The Hall–Kier alpha value is -1.83. The number of aliphatic imine (C=N–C) groups is 1. The van der Waals surface area contributed by atoms with E-state index in [1.165, 1.54) is 36.1 Å². The summed E-state index contributed by atoms with van der Waals surface area (Å²) >= 11 is 0. The van der Waals surface area contributed by atoms with Gasteiger partial charge in [-0.3, -0.25) is 0 Å². The molecule has 0 aromatic carbocycles. The molecule has 0 radical (unpaired) electrons. The van der Waals surface area contributed by atoms with Crippen LogP contribution in [0.4, 0.5) is 0 Å². The number of nitrogens with zero attached hydrogens (tertiary/aromatic N) is 2. The molecule has 25 heavy (non-hydrogen) atoms. The van der Waals surface area contributed by atoms with Crippen LogP contribution in [0.5, 0.6) is 0 Å². The molecule has 0 fully saturated rings. The molecule has 0 spiro atoms. The number of amidine groups is 1. The molecule has 0 amide bonds. The van der Waals surface area contributed by atoms with Crippen LogP contribution in [0.2, 0.25) is 0 Å². The first-order valence-corrected chi connectivity index (χ1v) is 9.61. The number of hydrogen-bond donors (Lipinski definition) is 0. The normalized spacial score (nSPS) is 26.2. The fourth-order valence-corrected chi connectivity index (χ4v) is 3.75. The van der Waals surface area contributed by atoms with Crippen LogP contribution < -0.4 is 0 Å². The van der Waals surface area contributed by atoms with E-state index in [0.717, 1.165) is 18.0 Å². The average Bonchev–Trinajstić information content (AvgIpc) is 2.61. The van der Waals surface area contributed by atoms with Crippen LogP contribution in [-0.4, -0.2) is 10.7 Å². The van der Waals surface area contributed by atoms with E-state index in [2.05, 4.69) is 82.3 Å². The van der Waals surface area contributed by atoms with Gasteiger partial charge in [-0.25, -0.2) is 4.99 Å². The Kier molecular flexibility index (Phi) is 6.26. The maximum atomic E-state index is 4.56. The Morgan fingerprint density at radius 1 is 1.32 bits per heavy atom. The van der Waals surface area contributed by atoms with Crippen LogP contribution in [0.3, 0.4) is 0 Å². The highest BCUT2D eigenvalue weighted by Crippen LogP contribution is 2.41. The van der Waals surface area contributed by atoms with Gasteiger partial charge in [-0.1, -0.05) is 57.6 Å². The summed E-state index contributed by atoms with van der Waals surface area (Å²) in [6, 6.07) is 0. The molecule has 136 valence electrons. The molecule has 2 atom stereocenters. The lowest BCUT2D eigenvalue weighted by atomic mass is 9.78. The zero-order chi connectivity index (χ0) is 18.6. The Morgan fingerprint density at radius 2 is 2.04 bits per heavy atom. The minimum absolute atomic E-state index is 0.0700. The molecular formula is C23H34N2. The van der Waals surface area contributed by atoms with Gasteiger partial charge in [0.05, 0.1) is 0 Å². The summed E-state index contributed by atoms with van der Waals surface area (Å²) in [7, 11) is 0. The van der Waals surface area contributed by atoms with Crippen molar-refractivity contribution in [2.24, 2.45) is 16.3 Å². The van der Waals surface area contributed by atoms with Gasteiger partial charge in [0, 0.05) is 23.0 Å². The lowest BCUT2D eigenvalue weighted by molar-refractivity contribution is 0.408. The van der Waals surface area contributed by atoms with Crippen molar-refractivity contribution in [2.75, 3.05) is 0 Å².